The Kier molecular flexibility index (Phi) is 6.82. The van der Waals surface area contributed by atoms with Gasteiger partial charge in [-0.25, -0.2) is 4.79 Å². The summed E-state index contributed by atoms with van der Waals surface area (Å²) >= 11 is 0. The number of benzene rings is 1. The molecule has 0 bridgehead atoms. The maximum atomic E-state index is 12.4. The Morgan fingerprint density at radius 1 is 1.32 bits per heavy atom. The van der Waals surface area contributed by atoms with Crippen LogP contribution in [0.15, 0.2) is 24.3 Å². The van der Waals surface area contributed by atoms with Crippen molar-refractivity contribution in [3.8, 4) is 0 Å². The number of carbonyl (C=O) groups excluding carboxylic acids is 2. The smallest absolute Gasteiger partial charge is 0.317 e. The third-order valence-electron chi connectivity index (χ3n) is 4.58. The van der Waals surface area contributed by atoms with Gasteiger partial charge in [0.05, 0.1) is 0 Å². The summed E-state index contributed by atoms with van der Waals surface area (Å²) in [6.07, 6.45) is 2.17. The van der Waals surface area contributed by atoms with Gasteiger partial charge in [0, 0.05) is 37.3 Å². The Balaban J connectivity index is 1.88. The van der Waals surface area contributed by atoms with E-state index in [-0.39, 0.29) is 17.9 Å². The lowest BCUT2D eigenvalue weighted by Crippen LogP contribution is -2.50. The lowest BCUT2D eigenvalue weighted by Gasteiger charge is -2.36. The Morgan fingerprint density at radius 3 is 2.76 bits per heavy atom. The molecule has 138 valence electrons. The molecule has 0 radical (unpaired) electrons. The molecule has 1 aliphatic heterocycles. The summed E-state index contributed by atoms with van der Waals surface area (Å²) in [5.74, 6) is -0.0728. The minimum atomic E-state index is -0.0629. The molecule has 0 saturated carbocycles. The molecule has 1 atom stereocenters. The van der Waals surface area contributed by atoms with Crippen molar-refractivity contribution in [2.75, 3.05) is 32.5 Å². The molecule has 0 aromatic heterocycles. The second-order valence-electron chi connectivity index (χ2n) is 7.21. The van der Waals surface area contributed by atoms with E-state index in [2.05, 4.69) is 29.6 Å². The highest BCUT2D eigenvalue weighted by molar-refractivity contribution is 5.92. The fraction of sp³-hybridized carbons (Fsp3) is 0.579. The number of nitrogens with one attached hydrogen (secondary N) is 2. The molecule has 1 fully saturated rings. The SMILES string of the molecule is CC(C)C(=O)Nc1cccc(CNC(=O)N2CCC[C@H](N(C)C)C2)c1. The standard InChI is InChI=1S/C19H30N4O2/c1-14(2)18(24)21-16-8-5-7-15(11-16)12-20-19(25)23-10-6-9-17(13-23)22(3)4/h5,7-8,11,14,17H,6,9-10,12-13H2,1-4H3,(H,20,25)(H,21,24)/t17-/m0/s1. The van der Waals surface area contributed by atoms with E-state index in [4.69, 9.17) is 0 Å². The molecule has 3 amide bonds. The van der Waals surface area contributed by atoms with Crippen LogP contribution in [-0.2, 0) is 11.3 Å². The minimum Gasteiger partial charge on any atom is -0.334 e. The van der Waals surface area contributed by atoms with Gasteiger partial charge in [-0.15, -0.1) is 0 Å². The van der Waals surface area contributed by atoms with Crippen molar-refractivity contribution in [3.63, 3.8) is 0 Å². The van der Waals surface area contributed by atoms with Gasteiger partial charge in [0.1, 0.15) is 0 Å². The Morgan fingerprint density at radius 2 is 2.08 bits per heavy atom. The zero-order chi connectivity index (χ0) is 18.4. The van der Waals surface area contributed by atoms with Crippen LogP contribution in [0.1, 0.15) is 32.3 Å². The fourth-order valence-electron chi connectivity index (χ4n) is 2.90. The molecule has 1 heterocycles. The molecule has 2 rings (SSSR count). The van der Waals surface area contributed by atoms with Crippen molar-refractivity contribution in [2.24, 2.45) is 5.92 Å². The molecule has 1 aromatic rings. The number of anilines is 1. The maximum Gasteiger partial charge on any atom is 0.317 e. The van der Waals surface area contributed by atoms with E-state index >= 15 is 0 Å². The molecular weight excluding hydrogens is 316 g/mol. The third kappa shape index (κ3) is 5.74. The Bertz CT molecular complexity index is 601. The van der Waals surface area contributed by atoms with Crippen LogP contribution < -0.4 is 10.6 Å². The first kappa shape index (κ1) is 19.2. The first-order valence-corrected chi connectivity index (χ1v) is 8.96. The van der Waals surface area contributed by atoms with Gasteiger partial charge in [0.15, 0.2) is 0 Å². The zero-order valence-corrected chi connectivity index (χ0v) is 15.7. The Labute approximate surface area is 150 Å². The van der Waals surface area contributed by atoms with E-state index in [0.29, 0.717) is 12.6 Å². The molecule has 1 aliphatic rings. The number of urea groups is 1. The van der Waals surface area contributed by atoms with Crippen LogP contribution >= 0.6 is 0 Å². The minimum absolute atomic E-state index is 0.00997. The normalized spacial score (nSPS) is 17.7. The lowest BCUT2D eigenvalue weighted by atomic mass is 10.1. The first-order chi connectivity index (χ1) is 11.9. The Hall–Kier alpha value is -2.08. The summed E-state index contributed by atoms with van der Waals surface area (Å²) in [7, 11) is 4.12. The molecule has 0 spiro atoms. The van der Waals surface area contributed by atoms with Gasteiger partial charge in [0.2, 0.25) is 5.91 Å². The van der Waals surface area contributed by atoms with Crippen molar-refractivity contribution in [3.05, 3.63) is 29.8 Å². The number of hydrogen-bond donors (Lipinski definition) is 2. The maximum absolute atomic E-state index is 12.4. The number of carbonyl (C=O) groups is 2. The van der Waals surface area contributed by atoms with Gasteiger partial charge in [-0.2, -0.15) is 0 Å². The topological polar surface area (TPSA) is 64.7 Å². The highest BCUT2D eigenvalue weighted by atomic mass is 16.2. The molecule has 1 saturated heterocycles. The summed E-state index contributed by atoms with van der Waals surface area (Å²) in [6.45, 7) is 5.75. The largest absolute Gasteiger partial charge is 0.334 e. The third-order valence-corrected chi connectivity index (χ3v) is 4.58. The van der Waals surface area contributed by atoms with E-state index < -0.39 is 0 Å². The van der Waals surface area contributed by atoms with E-state index in [1.807, 2.05) is 43.0 Å². The van der Waals surface area contributed by atoms with Crippen LogP contribution in [0, 0.1) is 5.92 Å². The van der Waals surface area contributed by atoms with Gasteiger partial charge in [0.25, 0.3) is 0 Å². The highest BCUT2D eigenvalue weighted by Gasteiger charge is 2.24. The molecular formula is C19H30N4O2. The first-order valence-electron chi connectivity index (χ1n) is 8.96. The summed E-state index contributed by atoms with van der Waals surface area (Å²) in [4.78, 5) is 28.3. The number of amides is 3. The van der Waals surface area contributed by atoms with Crippen LogP contribution in [0.5, 0.6) is 0 Å². The second kappa shape index (κ2) is 8.85. The number of piperidine rings is 1. The van der Waals surface area contributed by atoms with Crippen molar-refractivity contribution in [2.45, 2.75) is 39.3 Å². The van der Waals surface area contributed by atoms with Gasteiger partial charge in [-0.05, 0) is 44.6 Å². The monoisotopic (exact) mass is 346 g/mol. The van der Waals surface area contributed by atoms with E-state index in [0.717, 1.165) is 37.2 Å². The van der Waals surface area contributed by atoms with Crippen molar-refractivity contribution in [1.29, 1.82) is 0 Å². The number of likely N-dealkylation sites (N-methyl/N-ethyl adjacent to an activating group) is 1. The lowest BCUT2D eigenvalue weighted by molar-refractivity contribution is -0.118. The van der Waals surface area contributed by atoms with E-state index in [1.54, 1.807) is 0 Å². The van der Waals surface area contributed by atoms with Gasteiger partial charge in [-0.3, -0.25) is 4.79 Å². The predicted molar refractivity (Wildman–Crippen MR) is 100 cm³/mol. The van der Waals surface area contributed by atoms with Crippen LogP contribution in [0.25, 0.3) is 0 Å². The average Bonchev–Trinajstić information content (AvgIpc) is 2.60. The molecule has 1 aromatic carbocycles. The number of rotatable bonds is 5. The predicted octanol–water partition coefficient (Wildman–Crippen LogP) is 2.52. The number of hydrogen-bond acceptors (Lipinski definition) is 3. The van der Waals surface area contributed by atoms with E-state index in [1.165, 1.54) is 0 Å². The van der Waals surface area contributed by atoms with Crippen LogP contribution in [0.4, 0.5) is 10.5 Å². The quantitative estimate of drug-likeness (QED) is 0.861. The van der Waals surface area contributed by atoms with Crippen molar-refractivity contribution in [1.82, 2.24) is 15.1 Å². The fourth-order valence-corrected chi connectivity index (χ4v) is 2.90. The van der Waals surface area contributed by atoms with Gasteiger partial charge >= 0.3 is 6.03 Å². The van der Waals surface area contributed by atoms with Crippen molar-refractivity contribution >= 4 is 17.6 Å². The van der Waals surface area contributed by atoms with E-state index in [9.17, 15) is 9.59 Å². The summed E-state index contributed by atoms with van der Waals surface area (Å²) in [6, 6.07) is 8.00. The molecule has 0 unspecified atom stereocenters. The molecule has 6 nitrogen and oxygen atoms in total. The summed E-state index contributed by atoms with van der Waals surface area (Å²) in [5, 5.41) is 5.87. The molecule has 0 aliphatic carbocycles. The highest BCUT2D eigenvalue weighted by Crippen LogP contribution is 2.15. The van der Waals surface area contributed by atoms with Gasteiger partial charge in [-0.1, -0.05) is 26.0 Å². The molecule has 6 heteroatoms. The van der Waals surface area contributed by atoms with Crippen LogP contribution in [-0.4, -0.2) is 55.0 Å². The number of nitrogens with zero attached hydrogens (tertiary/aromatic N) is 2. The zero-order valence-electron chi connectivity index (χ0n) is 15.7. The van der Waals surface area contributed by atoms with Gasteiger partial charge < -0.3 is 20.4 Å². The summed E-state index contributed by atoms with van der Waals surface area (Å²) < 4.78 is 0. The molecule has 25 heavy (non-hydrogen) atoms. The van der Waals surface area contributed by atoms with Crippen LogP contribution in [0.2, 0.25) is 0 Å². The van der Waals surface area contributed by atoms with Crippen molar-refractivity contribution < 1.29 is 9.59 Å². The number of likely N-dealkylation sites (tertiary alicyclic amines) is 1. The average molecular weight is 346 g/mol. The summed E-state index contributed by atoms with van der Waals surface area (Å²) in [5.41, 5.74) is 1.73. The van der Waals surface area contributed by atoms with Crippen LogP contribution in [0.3, 0.4) is 0 Å². The second-order valence-corrected chi connectivity index (χ2v) is 7.21. The molecule has 2 N–H and O–H groups in total.